The molecule has 0 aliphatic rings. The number of hydrogen-bond donors (Lipinski definition) is 1. The van der Waals surface area contributed by atoms with Crippen LogP contribution < -0.4 is 5.32 Å². The average molecular weight is 351 g/mol. The number of thioether (sulfide) groups is 1. The topological polar surface area (TPSA) is 52.9 Å². The molecular weight excluding hydrogens is 339 g/mol. The van der Waals surface area contributed by atoms with E-state index < -0.39 is 0 Å². The summed E-state index contributed by atoms with van der Waals surface area (Å²) in [5, 5.41) is 12.5. The van der Waals surface area contributed by atoms with Crippen LogP contribution in [-0.2, 0) is 10.5 Å². The largest absolute Gasteiger partial charge is 0.324 e. The van der Waals surface area contributed by atoms with Gasteiger partial charge in [-0.1, -0.05) is 35.3 Å². The number of hydrogen-bond acceptors (Lipinski definition) is 3. The van der Waals surface area contributed by atoms with E-state index in [9.17, 15) is 4.79 Å². The van der Waals surface area contributed by atoms with Gasteiger partial charge in [0.05, 0.1) is 28.1 Å². The molecule has 0 heterocycles. The van der Waals surface area contributed by atoms with Crippen molar-refractivity contribution in [3.05, 3.63) is 63.6 Å². The standard InChI is InChI=1S/C16H12Cl2N2OS/c17-13-4-5-15(14(18)7-13)20-16(21)10-22-9-12-3-1-2-11(6-12)8-19/h1-7H,9-10H2,(H,20,21). The molecule has 3 nitrogen and oxygen atoms in total. The third-order valence-corrected chi connectivity index (χ3v) is 4.31. The van der Waals surface area contributed by atoms with E-state index >= 15 is 0 Å². The van der Waals surface area contributed by atoms with E-state index in [1.54, 1.807) is 24.3 Å². The third kappa shape index (κ3) is 4.96. The van der Waals surface area contributed by atoms with Crippen LogP contribution in [0.2, 0.25) is 10.0 Å². The molecule has 0 aliphatic carbocycles. The number of anilines is 1. The van der Waals surface area contributed by atoms with Gasteiger partial charge >= 0.3 is 0 Å². The molecule has 0 saturated carbocycles. The first-order valence-corrected chi connectivity index (χ1v) is 8.31. The molecule has 0 radical (unpaired) electrons. The Morgan fingerprint density at radius 1 is 1.23 bits per heavy atom. The Balaban J connectivity index is 1.84. The summed E-state index contributed by atoms with van der Waals surface area (Å²) < 4.78 is 0. The van der Waals surface area contributed by atoms with Gasteiger partial charge in [-0.05, 0) is 35.9 Å². The highest BCUT2D eigenvalue weighted by Gasteiger charge is 2.07. The maximum atomic E-state index is 11.9. The summed E-state index contributed by atoms with van der Waals surface area (Å²) in [7, 11) is 0. The Hall–Kier alpha value is -1.67. The minimum absolute atomic E-state index is 0.134. The van der Waals surface area contributed by atoms with Crippen molar-refractivity contribution in [3.63, 3.8) is 0 Å². The number of nitriles is 1. The number of rotatable bonds is 5. The van der Waals surface area contributed by atoms with Crippen LogP contribution in [0.15, 0.2) is 42.5 Å². The van der Waals surface area contributed by atoms with Crippen molar-refractivity contribution in [1.29, 1.82) is 5.26 Å². The van der Waals surface area contributed by atoms with Crippen LogP contribution >= 0.6 is 35.0 Å². The summed E-state index contributed by atoms with van der Waals surface area (Å²) in [6.07, 6.45) is 0. The fourth-order valence-electron chi connectivity index (χ4n) is 1.77. The van der Waals surface area contributed by atoms with Crippen molar-refractivity contribution in [3.8, 4) is 6.07 Å². The van der Waals surface area contributed by atoms with Gasteiger partial charge in [0.1, 0.15) is 0 Å². The van der Waals surface area contributed by atoms with Crippen LogP contribution in [-0.4, -0.2) is 11.7 Å². The van der Waals surface area contributed by atoms with Crippen molar-refractivity contribution in [2.75, 3.05) is 11.1 Å². The van der Waals surface area contributed by atoms with Crippen LogP contribution in [0.5, 0.6) is 0 Å². The van der Waals surface area contributed by atoms with E-state index in [0.717, 1.165) is 5.56 Å². The minimum Gasteiger partial charge on any atom is -0.324 e. The molecule has 0 aliphatic heterocycles. The number of nitrogens with zero attached hydrogens (tertiary/aromatic N) is 1. The van der Waals surface area contributed by atoms with E-state index in [1.807, 2.05) is 18.2 Å². The van der Waals surface area contributed by atoms with Gasteiger partial charge in [0.15, 0.2) is 0 Å². The van der Waals surface area contributed by atoms with E-state index in [4.69, 9.17) is 28.5 Å². The van der Waals surface area contributed by atoms with Crippen LogP contribution in [0.3, 0.4) is 0 Å². The summed E-state index contributed by atoms with van der Waals surface area (Å²) in [5.41, 5.74) is 2.18. The number of carbonyl (C=O) groups excluding carboxylic acids is 1. The molecule has 0 bridgehead atoms. The number of benzene rings is 2. The Morgan fingerprint density at radius 2 is 2.05 bits per heavy atom. The van der Waals surface area contributed by atoms with Crippen molar-refractivity contribution in [2.45, 2.75) is 5.75 Å². The molecule has 2 rings (SSSR count). The molecule has 0 saturated heterocycles. The van der Waals surface area contributed by atoms with Gasteiger partial charge in [-0.25, -0.2) is 0 Å². The van der Waals surface area contributed by atoms with Crippen molar-refractivity contribution in [2.24, 2.45) is 0 Å². The molecule has 22 heavy (non-hydrogen) atoms. The lowest BCUT2D eigenvalue weighted by molar-refractivity contribution is -0.113. The predicted octanol–water partition coefficient (Wildman–Crippen LogP) is 4.74. The highest BCUT2D eigenvalue weighted by atomic mass is 35.5. The summed E-state index contributed by atoms with van der Waals surface area (Å²) >= 11 is 13.3. The second-order valence-corrected chi connectivity index (χ2v) is 6.31. The molecule has 1 N–H and O–H groups in total. The minimum atomic E-state index is -0.134. The molecule has 2 aromatic carbocycles. The Kier molecular flexibility index (Phi) is 6.14. The molecular formula is C16H12Cl2N2OS. The summed E-state index contributed by atoms with van der Waals surface area (Å²) in [4.78, 5) is 11.9. The molecule has 112 valence electrons. The molecule has 0 unspecified atom stereocenters. The summed E-state index contributed by atoms with van der Waals surface area (Å²) in [6, 6.07) is 14.4. The summed E-state index contributed by atoms with van der Waals surface area (Å²) in [6.45, 7) is 0. The van der Waals surface area contributed by atoms with E-state index in [1.165, 1.54) is 11.8 Å². The highest BCUT2D eigenvalue weighted by Crippen LogP contribution is 2.25. The molecule has 2 aromatic rings. The van der Waals surface area contributed by atoms with Crippen LogP contribution in [0.4, 0.5) is 5.69 Å². The number of halogens is 2. The van der Waals surface area contributed by atoms with Crippen LogP contribution in [0.25, 0.3) is 0 Å². The first-order valence-electron chi connectivity index (χ1n) is 6.40. The second-order valence-electron chi connectivity index (χ2n) is 4.48. The van der Waals surface area contributed by atoms with Crippen molar-refractivity contribution in [1.82, 2.24) is 0 Å². The molecule has 0 aromatic heterocycles. The normalized spacial score (nSPS) is 10.0. The number of nitrogens with one attached hydrogen (secondary N) is 1. The van der Waals surface area contributed by atoms with E-state index in [-0.39, 0.29) is 5.91 Å². The van der Waals surface area contributed by atoms with Gasteiger partial charge in [0, 0.05) is 10.8 Å². The fraction of sp³-hybridized carbons (Fsp3) is 0.125. The smallest absolute Gasteiger partial charge is 0.234 e. The molecule has 0 spiro atoms. The zero-order valence-corrected chi connectivity index (χ0v) is 13.8. The number of amides is 1. The van der Waals surface area contributed by atoms with Crippen LogP contribution in [0, 0.1) is 11.3 Å². The number of carbonyl (C=O) groups is 1. The Morgan fingerprint density at radius 3 is 2.77 bits per heavy atom. The fourth-order valence-corrected chi connectivity index (χ4v) is 3.00. The van der Waals surface area contributed by atoms with E-state index in [2.05, 4.69) is 11.4 Å². The highest BCUT2D eigenvalue weighted by molar-refractivity contribution is 7.99. The quantitative estimate of drug-likeness (QED) is 0.847. The van der Waals surface area contributed by atoms with Gasteiger partial charge in [0.25, 0.3) is 0 Å². The van der Waals surface area contributed by atoms with Gasteiger partial charge < -0.3 is 5.32 Å². The lowest BCUT2D eigenvalue weighted by atomic mass is 10.2. The lowest BCUT2D eigenvalue weighted by Gasteiger charge is -2.07. The first kappa shape index (κ1) is 16.7. The molecule has 0 atom stereocenters. The van der Waals surface area contributed by atoms with Gasteiger partial charge in [0.2, 0.25) is 5.91 Å². The average Bonchev–Trinajstić information content (AvgIpc) is 2.50. The van der Waals surface area contributed by atoms with Crippen molar-refractivity contribution >= 4 is 46.6 Å². The Bertz CT molecular complexity index is 728. The monoisotopic (exact) mass is 350 g/mol. The zero-order chi connectivity index (χ0) is 15.9. The van der Waals surface area contributed by atoms with Gasteiger partial charge in [-0.15, -0.1) is 11.8 Å². The van der Waals surface area contributed by atoms with Gasteiger partial charge in [-0.2, -0.15) is 5.26 Å². The lowest BCUT2D eigenvalue weighted by Crippen LogP contribution is -2.14. The van der Waals surface area contributed by atoms with Crippen molar-refractivity contribution < 1.29 is 4.79 Å². The first-order chi connectivity index (χ1) is 10.6. The molecule has 0 fully saturated rings. The van der Waals surface area contributed by atoms with Crippen LogP contribution in [0.1, 0.15) is 11.1 Å². The maximum Gasteiger partial charge on any atom is 0.234 e. The third-order valence-electron chi connectivity index (χ3n) is 2.76. The second kappa shape index (κ2) is 8.09. The van der Waals surface area contributed by atoms with Gasteiger partial charge in [-0.3, -0.25) is 4.79 Å². The maximum absolute atomic E-state index is 11.9. The van der Waals surface area contributed by atoms with E-state index in [0.29, 0.717) is 32.8 Å². The molecule has 1 amide bonds. The SMILES string of the molecule is N#Cc1cccc(CSCC(=O)Nc2ccc(Cl)cc2Cl)c1. The Labute approximate surface area is 143 Å². The zero-order valence-electron chi connectivity index (χ0n) is 11.5. The molecule has 6 heteroatoms. The summed E-state index contributed by atoms with van der Waals surface area (Å²) in [5.74, 6) is 0.832. The predicted molar refractivity (Wildman–Crippen MR) is 92.4 cm³/mol.